The van der Waals surface area contributed by atoms with Gasteiger partial charge in [0.2, 0.25) is 0 Å². The Balaban J connectivity index is 2.24. The molecule has 1 aromatic carbocycles. The lowest BCUT2D eigenvalue weighted by Crippen LogP contribution is -2.47. The van der Waals surface area contributed by atoms with Crippen LogP contribution in [0, 0.1) is 10.1 Å². The number of aliphatic hydroxyl groups excluding tert-OH is 1. The van der Waals surface area contributed by atoms with Crippen molar-refractivity contribution in [1.82, 2.24) is 4.90 Å². The van der Waals surface area contributed by atoms with Crippen molar-refractivity contribution in [3.8, 4) is 0 Å². The maximum absolute atomic E-state index is 11.6. The van der Waals surface area contributed by atoms with Crippen molar-refractivity contribution in [2.75, 3.05) is 51.3 Å². The van der Waals surface area contributed by atoms with Crippen LogP contribution in [0.2, 0.25) is 0 Å². The summed E-state index contributed by atoms with van der Waals surface area (Å²) in [5.74, 6) is -0.518. The summed E-state index contributed by atoms with van der Waals surface area (Å²) in [6.07, 6.45) is 0. The molecule has 0 amide bonds. The molecule has 1 aromatic rings. The first-order chi connectivity index (χ1) is 10.6. The van der Waals surface area contributed by atoms with E-state index in [-0.39, 0.29) is 12.3 Å². The molecule has 0 unspecified atom stereocenters. The van der Waals surface area contributed by atoms with E-state index in [2.05, 4.69) is 9.64 Å². The second-order valence-corrected chi connectivity index (χ2v) is 5.00. The standard InChI is InChI=1S/C14H19N3O5/c1-22-14(19)11-2-3-12(17(20)21)13(10-11)16-6-4-15(5-7-16)8-9-18/h2-3,10,18H,4-9H2,1H3. The fourth-order valence-electron chi connectivity index (χ4n) is 2.53. The van der Waals surface area contributed by atoms with Gasteiger partial charge in [-0.1, -0.05) is 0 Å². The minimum absolute atomic E-state index is 0.0248. The number of carbonyl (C=O) groups excluding carboxylic acids is 1. The molecule has 0 saturated carbocycles. The highest BCUT2D eigenvalue weighted by Gasteiger charge is 2.25. The average Bonchev–Trinajstić information content (AvgIpc) is 2.54. The number of nitro benzene ring substituents is 1. The van der Waals surface area contributed by atoms with E-state index in [1.165, 1.54) is 25.3 Å². The Morgan fingerprint density at radius 1 is 1.36 bits per heavy atom. The minimum Gasteiger partial charge on any atom is -0.465 e. The third-order valence-corrected chi connectivity index (χ3v) is 3.72. The lowest BCUT2D eigenvalue weighted by molar-refractivity contribution is -0.384. The van der Waals surface area contributed by atoms with Crippen LogP contribution in [0.1, 0.15) is 10.4 Å². The Morgan fingerprint density at radius 2 is 2.05 bits per heavy atom. The van der Waals surface area contributed by atoms with Crippen LogP contribution in [0.5, 0.6) is 0 Å². The number of ether oxygens (including phenoxy) is 1. The van der Waals surface area contributed by atoms with E-state index < -0.39 is 10.9 Å². The Morgan fingerprint density at radius 3 is 2.59 bits per heavy atom. The van der Waals surface area contributed by atoms with Gasteiger partial charge in [-0.25, -0.2) is 4.79 Å². The Kier molecular flexibility index (Phi) is 5.29. The highest BCUT2D eigenvalue weighted by Crippen LogP contribution is 2.30. The zero-order valence-electron chi connectivity index (χ0n) is 12.4. The maximum atomic E-state index is 11.6. The molecule has 0 aromatic heterocycles. The largest absolute Gasteiger partial charge is 0.465 e. The van der Waals surface area contributed by atoms with Gasteiger partial charge in [-0.2, -0.15) is 0 Å². The monoisotopic (exact) mass is 309 g/mol. The number of benzene rings is 1. The molecule has 0 atom stereocenters. The molecule has 8 nitrogen and oxygen atoms in total. The van der Waals surface area contributed by atoms with Gasteiger partial charge in [-0.15, -0.1) is 0 Å². The molecule has 1 aliphatic rings. The van der Waals surface area contributed by atoms with E-state index in [9.17, 15) is 14.9 Å². The van der Waals surface area contributed by atoms with Crippen LogP contribution in [0.15, 0.2) is 18.2 Å². The maximum Gasteiger partial charge on any atom is 0.337 e. The van der Waals surface area contributed by atoms with Crippen molar-refractivity contribution in [2.24, 2.45) is 0 Å². The predicted molar refractivity (Wildman–Crippen MR) is 80.2 cm³/mol. The molecular weight excluding hydrogens is 290 g/mol. The van der Waals surface area contributed by atoms with E-state index in [0.29, 0.717) is 44.0 Å². The van der Waals surface area contributed by atoms with Crippen molar-refractivity contribution >= 4 is 17.3 Å². The predicted octanol–water partition coefficient (Wildman–Crippen LogP) is 0.496. The van der Waals surface area contributed by atoms with Crippen molar-refractivity contribution in [1.29, 1.82) is 0 Å². The SMILES string of the molecule is COC(=O)c1ccc([N+](=O)[O-])c(N2CCN(CCO)CC2)c1. The number of β-amino-alcohol motifs (C(OH)–C–C–N with tert-alkyl or cyclic N) is 1. The second kappa shape index (κ2) is 7.19. The van der Waals surface area contributed by atoms with E-state index in [1.54, 1.807) is 0 Å². The first-order valence-electron chi connectivity index (χ1n) is 7.01. The Bertz CT molecular complexity index is 555. The summed E-state index contributed by atoms with van der Waals surface area (Å²) in [6, 6.07) is 4.24. The Labute approximate surface area is 128 Å². The number of hydrogen-bond donors (Lipinski definition) is 1. The van der Waals surface area contributed by atoms with Crippen molar-refractivity contribution in [3.63, 3.8) is 0 Å². The number of methoxy groups -OCH3 is 1. The van der Waals surface area contributed by atoms with Crippen LogP contribution < -0.4 is 4.90 Å². The van der Waals surface area contributed by atoms with Gasteiger partial charge in [0, 0.05) is 38.8 Å². The fourth-order valence-corrected chi connectivity index (χ4v) is 2.53. The van der Waals surface area contributed by atoms with Gasteiger partial charge in [0.05, 0.1) is 24.2 Å². The zero-order valence-corrected chi connectivity index (χ0v) is 12.4. The van der Waals surface area contributed by atoms with Gasteiger partial charge < -0.3 is 14.7 Å². The highest BCUT2D eigenvalue weighted by molar-refractivity contribution is 5.91. The van der Waals surface area contributed by atoms with E-state index in [4.69, 9.17) is 5.11 Å². The van der Waals surface area contributed by atoms with Gasteiger partial charge in [0.1, 0.15) is 5.69 Å². The van der Waals surface area contributed by atoms with Gasteiger partial charge in [0.15, 0.2) is 0 Å². The number of esters is 1. The molecule has 120 valence electrons. The van der Waals surface area contributed by atoms with Crippen LogP contribution in [0.4, 0.5) is 11.4 Å². The first kappa shape index (κ1) is 16.2. The number of nitrogens with zero attached hydrogens (tertiary/aromatic N) is 3. The van der Waals surface area contributed by atoms with Gasteiger partial charge >= 0.3 is 5.97 Å². The van der Waals surface area contributed by atoms with Crippen LogP contribution in [-0.2, 0) is 4.74 Å². The number of aliphatic hydroxyl groups is 1. The summed E-state index contributed by atoms with van der Waals surface area (Å²) in [4.78, 5) is 26.4. The fraction of sp³-hybridized carbons (Fsp3) is 0.500. The first-order valence-corrected chi connectivity index (χ1v) is 7.01. The quantitative estimate of drug-likeness (QED) is 0.480. The van der Waals surface area contributed by atoms with Crippen molar-refractivity contribution < 1.29 is 19.6 Å². The van der Waals surface area contributed by atoms with Gasteiger partial charge in [0.25, 0.3) is 5.69 Å². The number of carbonyl (C=O) groups is 1. The lowest BCUT2D eigenvalue weighted by atomic mass is 10.1. The van der Waals surface area contributed by atoms with Crippen LogP contribution in [0.25, 0.3) is 0 Å². The molecule has 0 radical (unpaired) electrons. The summed E-state index contributed by atoms with van der Waals surface area (Å²) in [5, 5.41) is 20.1. The normalized spacial score (nSPS) is 15.6. The Hall–Kier alpha value is -2.19. The smallest absolute Gasteiger partial charge is 0.337 e. The zero-order chi connectivity index (χ0) is 16.1. The molecule has 1 saturated heterocycles. The number of hydrogen-bond acceptors (Lipinski definition) is 7. The summed E-state index contributed by atoms with van der Waals surface area (Å²) in [5.41, 5.74) is 0.695. The van der Waals surface area contributed by atoms with E-state index in [1.807, 2.05) is 4.90 Å². The molecule has 0 spiro atoms. The molecular formula is C14H19N3O5. The van der Waals surface area contributed by atoms with Crippen LogP contribution >= 0.6 is 0 Å². The summed E-state index contributed by atoms with van der Waals surface area (Å²) < 4.78 is 4.66. The van der Waals surface area contributed by atoms with Crippen LogP contribution in [0.3, 0.4) is 0 Å². The summed E-state index contributed by atoms with van der Waals surface area (Å²) >= 11 is 0. The molecule has 8 heteroatoms. The molecule has 1 heterocycles. The van der Waals surface area contributed by atoms with E-state index in [0.717, 1.165) is 0 Å². The van der Waals surface area contributed by atoms with Crippen molar-refractivity contribution in [3.05, 3.63) is 33.9 Å². The molecule has 1 N–H and O–H groups in total. The van der Waals surface area contributed by atoms with Crippen molar-refractivity contribution in [2.45, 2.75) is 0 Å². The average molecular weight is 309 g/mol. The van der Waals surface area contributed by atoms with Gasteiger partial charge in [-0.05, 0) is 12.1 Å². The van der Waals surface area contributed by atoms with E-state index >= 15 is 0 Å². The number of anilines is 1. The molecule has 2 rings (SSSR count). The number of rotatable bonds is 5. The number of piperazine rings is 1. The topological polar surface area (TPSA) is 96.1 Å². The second-order valence-electron chi connectivity index (χ2n) is 5.00. The number of nitro groups is 1. The molecule has 0 aliphatic carbocycles. The van der Waals surface area contributed by atoms with Gasteiger partial charge in [-0.3, -0.25) is 15.0 Å². The highest BCUT2D eigenvalue weighted by atomic mass is 16.6. The summed E-state index contributed by atoms with van der Waals surface area (Å²) in [7, 11) is 1.27. The minimum atomic E-state index is -0.518. The third-order valence-electron chi connectivity index (χ3n) is 3.72. The summed E-state index contributed by atoms with van der Waals surface area (Å²) in [6.45, 7) is 3.31. The molecule has 1 aliphatic heterocycles. The third kappa shape index (κ3) is 3.52. The molecule has 1 fully saturated rings. The van der Waals surface area contributed by atoms with Crippen LogP contribution in [-0.4, -0.2) is 67.3 Å². The lowest BCUT2D eigenvalue weighted by Gasteiger charge is -2.35. The molecule has 0 bridgehead atoms. The molecule has 22 heavy (non-hydrogen) atoms.